The van der Waals surface area contributed by atoms with Crippen LogP contribution >= 0.6 is 22.7 Å². The van der Waals surface area contributed by atoms with Crippen molar-refractivity contribution in [1.82, 2.24) is 15.0 Å². The van der Waals surface area contributed by atoms with Crippen LogP contribution in [0.2, 0.25) is 0 Å². The third kappa shape index (κ3) is 3.74. The van der Waals surface area contributed by atoms with E-state index in [0.29, 0.717) is 32.8 Å². The Bertz CT molecular complexity index is 1330. The number of carbonyl (C=O) groups is 2. The average molecular weight is 464 g/mol. The molecule has 0 fully saturated rings. The standard InChI is InChI=1S/C22H17N5O3S2/c1-12-19(32-21(24-12)13-5-7-23-8-6-13)20(29)26-22-25-15(11-31-22)14-3-4-17-16(9-14)27(2)18(28)10-30-17/h3-9,11H,10H2,1-2H3,(H,25,26,29). The van der Waals surface area contributed by atoms with Crippen molar-refractivity contribution < 1.29 is 14.3 Å². The zero-order valence-electron chi connectivity index (χ0n) is 17.2. The van der Waals surface area contributed by atoms with Crippen molar-refractivity contribution in [3.05, 3.63) is 58.7 Å². The Hall–Kier alpha value is -3.63. The second kappa shape index (κ2) is 8.13. The molecule has 4 heterocycles. The molecule has 3 aromatic heterocycles. The van der Waals surface area contributed by atoms with Gasteiger partial charge in [-0.1, -0.05) is 0 Å². The molecule has 10 heteroatoms. The van der Waals surface area contributed by atoms with Crippen molar-refractivity contribution in [3.63, 3.8) is 0 Å². The van der Waals surface area contributed by atoms with E-state index in [1.807, 2.05) is 42.6 Å². The Labute approximate surface area is 191 Å². The summed E-state index contributed by atoms with van der Waals surface area (Å²) in [7, 11) is 1.72. The molecular weight excluding hydrogens is 446 g/mol. The topological polar surface area (TPSA) is 97.3 Å². The van der Waals surface area contributed by atoms with Crippen molar-refractivity contribution in [2.75, 3.05) is 23.9 Å². The number of nitrogens with one attached hydrogen (secondary N) is 1. The Kier molecular flexibility index (Phi) is 5.16. The molecule has 1 aromatic carbocycles. The highest BCUT2D eigenvalue weighted by Crippen LogP contribution is 2.36. The molecule has 0 bridgehead atoms. The molecule has 0 aliphatic carbocycles. The summed E-state index contributed by atoms with van der Waals surface area (Å²) >= 11 is 2.67. The number of pyridine rings is 1. The number of hydrogen-bond acceptors (Lipinski definition) is 8. The van der Waals surface area contributed by atoms with E-state index in [1.54, 1.807) is 24.3 Å². The summed E-state index contributed by atoms with van der Waals surface area (Å²) < 4.78 is 5.47. The molecule has 5 rings (SSSR count). The molecule has 160 valence electrons. The highest BCUT2D eigenvalue weighted by molar-refractivity contribution is 7.17. The molecular formula is C22H17N5O3S2. The second-order valence-corrected chi connectivity index (χ2v) is 8.94. The number of hydrogen-bond donors (Lipinski definition) is 1. The van der Waals surface area contributed by atoms with Crippen LogP contribution in [0.4, 0.5) is 10.8 Å². The largest absolute Gasteiger partial charge is 0.482 e. The molecule has 2 amide bonds. The Balaban J connectivity index is 1.36. The number of nitrogens with zero attached hydrogens (tertiary/aromatic N) is 4. The molecule has 1 aliphatic heterocycles. The minimum absolute atomic E-state index is 0.0373. The third-order valence-corrected chi connectivity index (χ3v) is 6.96. The normalized spacial score (nSPS) is 12.9. The maximum atomic E-state index is 12.8. The number of anilines is 2. The van der Waals surface area contributed by atoms with Crippen LogP contribution in [0.25, 0.3) is 21.8 Å². The summed E-state index contributed by atoms with van der Waals surface area (Å²) in [5.41, 5.74) is 3.82. The van der Waals surface area contributed by atoms with Gasteiger partial charge in [-0.2, -0.15) is 0 Å². The van der Waals surface area contributed by atoms with E-state index in [-0.39, 0.29) is 18.4 Å². The zero-order chi connectivity index (χ0) is 22.2. The molecule has 0 atom stereocenters. The van der Waals surface area contributed by atoms with E-state index in [9.17, 15) is 9.59 Å². The van der Waals surface area contributed by atoms with Crippen LogP contribution in [0.5, 0.6) is 5.75 Å². The highest BCUT2D eigenvalue weighted by atomic mass is 32.1. The molecule has 0 spiro atoms. The molecule has 8 nitrogen and oxygen atoms in total. The monoisotopic (exact) mass is 463 g/mol. The lowest BCUT2D eigenvalue weighted by Crippen LogP contribution is -2.35. The number of aromatic nitrogens is 3. The van der Waals surface area contributed by atoms with Gasteiger partial charge < -0.3 is 9.64 Å². The van der Waals surface area contributed by atoms with Crippen molar-refractivity contribution >= 4 is 45.3 Å². The van der Waals surface area contributed by atoms with Crippen molar-refractivity contribution in [2.45, 2.75) is 6.92 Å². The van der Waals surface area contributed by atoms with Crippen molar-refractivity contribution in [3.8, 4) is 27.6 Å². The van der Waals surface area contributed by atoms with E-state index >= 15 is 0 Å². The fourth-order valence-electron chi connectivity index (χ4n) is 3.27. The van der Waals surface area contributed by atoms with Gasteiger partial charge >= 0.3 is 0 Å². The van der Waals surface area contributed by atoms with Gasteiger partial charge in [0.05, 0.1) is 17.1 Å². The van der Waals surface area contributed by atoms with Gasteiger partial charge in [-0.3, -0.25) is 19.9 Å². The van der Waals surface area contributed by atoms with Crippen LogP contribution in [-0.2, 0) is 4.79 Å². The van der Waals surface area contributed by atoms with E-state index in [1.165, 1.54) is 22.7 Å². The summed E-state index contributed by atoms with van der Waals surface area (Å²) in [6.45, 7) is 1.85. The number of carbonyl (C=O) groups excluding carboxylic acids is 2. The van der Waals surface area contributed by atoms with Crippen LogP contribution in [0, 0.1) is 6.92 Å². The van der Waals surface area contributed by atoms with Gasteiger partial charge in [0.25, 0.3) is 11.8 Å². The lowest BCUT2D eigenvalue weighted by molar-refractivity contribution is -0.120. The van der Waals surface area contributed by atoms with Crippen molar-refractivity contribution in [1.29, 1.82) is 0 Å². The summed E-state index contributed by atoms with van der Waals surface area (Å²) in [6, 6.07) is 9.30. The highest BCUT2D eigenvalue weighted by Gasteiger charge is 2.23. The smallest absolute Gasteiger partial charge is 0.269 e. The van der Waals surface area contributed by atoms with E-state index in [0.717, 1.165) is 16.1 Å². The minimum atomic E-state index is -0.245. The SMILES string of the molecule is Cc1nc(-c2ccncc2)sc1C(=O)Nc1nc(-c2ccc3c(c2)N(C)C(=O)CO3)cs1. The lowest BCUT2D eigenvalue weighted by atomic mass is 10.1. The van der Waals surface area contributed by atoms with Gasteiger partial charge in [0.1, 0.15) is 15.6 Å². The Morgan fingerprint density at radius 1 is 1.16 bits per heavy atom. The number of fused-ring (bicyclic) bond motifs is 1. The number of aryl methyl sites for hydroxylation is 1. The number of likely N-dealkylation sites (N-methyl/N-ethyl adjacent to an activating group) is 1. The van der Waals surface area contributed by atoms with E-state index in [4.69, 9.17) is 4.74 Å². The zero-order valence-corrected chi connectivity index (χ0v) is 18.8. The van der Waals surface area contributed by atoms with Gasteiger partial charge in [-0.15, -0.1) is 22.7 Å². The fourth-order valence-corrected chi connectivity index (χ4v) is 4.96. The number of benzene rings is 1. The summed E-state index contributed by atoms with van der Waals surface area (Å²) in [4.78, 5) is 40.0. The van der Waals surface area contributed by atoms with Crippen LogP contribution in [0.15, 0.2) is 48.1 Å². The third-order valence-electron chi connectivity index (χ3n) is 5.00. The number of thiazole rings is 2. The molecule has 0 unspecified atom stereocenters. The predicted molar refractivity (Wildman–Crippen MR) is 124 cm³/mol. The molecule has 32 heavy (non-hydrogen) atoms. The van der Waals surface area contributed by atoms with Gasteiger partial charge in [-0.25, -0.2) is 9.97 Å². The molecule has 1 N–H and O–H groups in total. The predicted octanol–water partition coefficient (Wildman–Crippen LogP) is 4.24. The quantitative estimate of drug-likeness (QED) is 0.486. The summed E-state index contributed by atoms with van der Waals surface area (Å²) in [5.74, 6) is 0.308. The first kappa shape index (κ1) is 20.3. The molecule has 0 radical (unpaired) electrons. The first-order valence-electron chi connectivity index (χ1n) is 9.68. The van der Waals surface area contributed by atoms with Gasteiger partial charge in [-0.05, 0) is 37.3 Å². The summed E-state index contributed by atoms with van der Waals surface area (Å²) in [5, 5.41) is 5.99. The molecule has 0 saturated carbocycles. The van der Waals surface area contributed by atoms with Crippen LogP contribution in [0.3, 0.4) is 0 Å². The van der Waals surface area contributed by atoms with Gasteiger partial charge in [0.2, 0.25) is 0 Å². The fraction of sp³-hybridized carbons (Fsp3) is 0.136. The molecule has 4 aromatic rings. The van der Waals surface area contributed by atoms with E-state index < -0.39 is 0 Å². The van der Waals surface area contributed by atoms with Gasteiger partial charge in [0.15, 0.2) is 11.7 Å². The Morgan fingerprint density at radius 2 is 1.97 bits per heavy atom. The molecule has 0 saturated heterocycles. The van der Waals surface area contributed by atoms with Crippen molar-refractivity contribution in [2.24, 2.45) is 0 Å². The number of rotatable bonds is 4. The maximum absolute atomic E-state index is 12.8. The second-order valence-electron chi connectivity index (χ2n) is 7.09. The minimum Gasteiger partial charge on any atom is -0.482 e. The van der Waals surface area contributed by atoms with Gasteiger partial charge in [0, 0.05) is 35.9 Å². The van der Waals surface area contributed by atoms with Crippen LogP contribution in [-0.4, -0.2) is 40.4 Å². The van der Waals surface area contributed by atoms with Crippen LogP contribution in [0.1, 0.15) is 15.4 Å². The number of amides is 2. The average Bonchev–Trinajstić information content (AvgIpc) is 3.43. The first-order chi connectivity index (χ1) is 15.5. The van der Waals surface area contributed by atoms with Crippen LogP contribution < -0.4 is 15.0 Å². The van der Waals surface area contributed by atoms with E-state index in [2.05, 4.69) is 20.3 Å². The Morgan fingerprint density at radius 3 is 2.78 bits per heavy atom. The number of ether oxygens (including phenoxy) is 1. The molecule has 1 aliphatic rings. The summed E-state index contributed by atoms with van der Waals surface area (Å²) in [6.07, 6.45) is 3.40. The lowest BCUT2D eigenvalue weighted by Gasteiger charge is -2.26. The first-order valence-corrected chi connectivity index (χ1v) is 11.4. The maximum Gasteiger partial charge on any atom is 0.269 e.